The number of benzene rings is 1. The maximum absolute atomic E-state index is 11.2. The predicted molar refractivity (Wildman–Crippen MR) is 71.1 cm³/mol. The number of carbonyl (C=O) groups excluding carboxylic acids is 1. The van der Waals surface area contributed by atoms with Crippen LogP contribution in [0.25, 0.3) is 0 Å². The maximum Gasteiger partial charge on any atom is 0.262 e. The Balaban J connectivity index is 1.86. The van der Waals surface area contributed by atoms with Crippen molar-refractivity contribution in [3.63, 3.8) is 0 Å². The summed E-state index contributed by atoms with van der Waals surface area (Å²) >= 11 is 0. The molecule has 1 amide bonds. The molecule has 1 aromatic carbocycles. The van der Waals surface area contributed by atoms with E-state index in [4.69, 9.17) is 4.74 Å². The van der Waals surface area contributed by atoms with Gasteiger partial charge in [-0.3, -0.25) is 4.79 Å². The first-order chi connectivity index (χ1) is 8.79. The van der Waals surface area contributed by atoms with Gasteiger partial charge in [-0.2, -0.15) is 0 Å². The highest BCUT2D eigenvalue weighted by Crippen LogP contribution is 2.28. The van der Waals surface area contributed by atoms with Crippen molar-refractivity contribution in [3.05, 3.63) is 23.8 Å². The summed E-state index contributed by atoms with van der Waals surface area (Å²) < 4.78 is 5.31. The van der Waals surface area contributed by atoms with Gasteiger partial charge in [0.25, 0.3) is 5.91 Å². The van der Waals surface area contributed by atoms with E-state index in [-0.39, 0.29) is 12.5 Å². The lowest BCUT2D eigenvalue weighted by atomic mass is 10.1. The molecule has 0 aromatic heterocycles. The van der Waals surface area contributed by atoms with Crippen LogP contribution in [-0.4, -0.2) is 39.2 Å². The molecule has 0 unspecified atom stereocenters. The molecule has 98 valence electrons. The number of ether oxygens (including phenoxy) is 1. The highest BCUT2D eigenvalue weighted by atomic mass is 16.5. The number of nitrogens with one attached hydrogen (secondary N) is 3. The van der Waals surface area contributed by atoms with Crippen molar-refractivity contribution in [1.29, 1.82) is 0 Å². The minimum Gasteiger partial charge on any atom is -0.482 e. The maximum atomic E-state index is 11.2. The Labute approximate surface area is 107 Å². The van der Waals surface area contributed by atoms with Crippen LogP contribution in [0, 0.1) is 0 Å². The topological polar surface area (TPSA) is 62.4 Å². The number of carbonyl (C=O) groups is 1. The van der Waals surface area contributed by atoms with Crippen LogP contribution in [-0.2, 0) is 11.2 Å². The first-order valence-electron chi connectivity index (χ1n) is 6.20. The van der Waals surface area contributed by atoms with Gasteiger partial charge in [0, 0.05) is 13.1 Å². The summed E-state index contributed by atoms with van der Waals surface area (Å²) in [5, 5.41) is 9.24. The molecule has 1 heterocycles. The molecule has 5 heteroatoms. The third kappa shape index (κ3) is 3.45. The largest absolute Gasteiger partial charge is 0.482 e. The first kappa shape index (κ1) is 12.9. The van der Waals surface area contributed by atoms with Crippen LogP contribution < -0.4 is 20.7 Å². The fourth-order valence-electron chi connectivity index (χ4n) is 1.86. The molecule has 0 atom stereocenters. The monoisotopic (exact) mass is 249 g/mol. The van der Waals surface area contributed by atoms with Crippen molar-refractivity contribution >= 4 is 11.6 Å². The van der Waals surface area contributed by atoms with Gasteiger partial charge in [0.05, 0.1) is 5.69 Å². The smallest absolute Gasteiger partial charge is 0.262 e. The Morgan fingerprint density at radius 1 is 1.33 bits per heavy atom. The van der Waals surface area contributed by atoms with E-state index in [0.717, 1.165) is 37.5 Å². The van der Waals surface area contributed by atoms with E-state index < -0.39 is 0 Å². The molecule has 0 saturated carbocycles. The molecule has 1 aliphatic rings. The van der Waals surface area contributed by atoms with E-state index in [1.54, 1.807) is 0 Å². The van der Waals surface area contributed by atoms with Gasteiger partial charge in [0.2, 0.25) is 0 Å². The molecule has 0 bridgehead atoms. The lowest BCUT2D eigenvalue weighted by Gasteiger charge is -2.18. The second-order valence-electron chi connectivity index (χ2n) is 4.27. The summed E-state index contributed by atoms with van der Waals surface area (Å²) in [7, 11) is 1.94. The average Bonchev–Trinajstić information content (AvgIpc) is 2.38. The zero-order valence-corrected chi connectivity index (χ0v) is 10.6. The van der Waals surface area contributed by atoms with Gasteiger partial charge in [-0.1, -0.05) is 6.07 Å². The summed E-state index contributed by atoms with van der Waals surface area (Å²) in [5.74, 6) is 0.660. The van der Waals surface area contributed by atoms with Crippen LogP contribution >= 0.6 is 0 Å². The van der Waals surface area contributed by atoms with Crippen LogP contribution in [0.2, 0.25) is 0 Å². The van der Waals surface area contributed by atoms with E-state index >= 15 is 0 Å². The van der Waals surface area contributed by atoms with Gasteiger partial charge in [0.15, 0.2) is 6.61 Å². The van der Waals surface area contributed by atoms with Crippen molar-refractivity contribution < 1.29 is 9.53 Å². The van der Waals surface area contributed by atoms with Crippen LogP contribution in [0.15, 0.2) is 18.2 Å². The van der Waals surface area contributed by atoms with E-state index in [1.807, 2.05) is 25.2 Å². The van der Waals surface area contributed by atoms with Crippen molar-refractivity contribution in [2.75, 3.05) is 38.6 Å². The van der Waals surface area contributed by atoms with E-state index in [0.29, 0.717) is 0 Å². The molecule has 5 nitrogen and oxygen atoms in total. The number of fused-ring (bicyclic) bond motifs is 1. The van der Waals surface area contributed by atoms with Crippen molar-refractivity contribution in [2.45, 2.75) is 6.42 Å². The number of hydrogen-bond acceptors (Lipinski definition) is 4. The molecule has 1 aliphatic heterocycles. The van der Waals surface area contributed by atoms with Crippen LogP contribution in [0.3, 0.4) is 0 Å². The molecule has 18 heavy (non-hydrogen) atoms. The number of hydrogen-bond donors (Lipinski definition) is 3. The highest BCUT2D eigenvalue weighted by Gasteiger charge is 2.15. The predicted octanol–water partition coefficient (Wildman–Crippen LogP) is 0.369. The molecule has 1 aromatic rings. The minimum absolute atomic E-state index is 0.0909. The van der Waals surface area contributed by atoms with Gasteiger partial charge in [0.1, 0.15) is 5.75 Å². The Morgan fingerprint density at radius 3 is 3.06 bits per heavy atom. The molecule has 3 N–H and O–H groups in total. The van der Waals surface area contributed by atoms with Gasteiger partial charge >= 0.3 is 0 Å². The molecule has 0 spiro atoms. The Kier molecular flexibility index (Phi) is 4.55. The SMILES string of the molecule is CNCCNCCc1ccc2c(c1)NC(=O)CO2. The third-order valence-electron chi connectivity index (χ3n) is 2.82. The van der Waals surface area contributed by atoms with Crippen molar-refractivity contribution in [3.8, 4) is 5.75 Å². The molecule has 0 radical (unpaired) electrons. The van der Waals surface area contributed by atoms with E-state index in [1.165, 1.54) is 5.56 Å². The lowest BCUT2D eigenvalue weighted by Crippen LogP contribution is -2.27. The normalized spacial score (nSPS) is 13.7. The number of amides is 1. The van der Waals surface area contributed by atoms with Crippen LogP contribution in [0.5, 0.6) is 5.75 Å². The molecule has 2 rings (SSSR count). The molecular weight excluding hydrogens is 230 g/mol. The fraction of sp³-hybridized carbons (Fsp3) is 0.462. The zero-order valence-electron chi connectivity index (χ0n) is 10.6. The lowest BCUT2D eigenvalue weighted by molar-refractivity contribution is -0.118. The third-order valence-corrected chi connectivity index (χ3v) is 2.82. The summed E-state index contributed by atoms with van der Waals surface area (Å²) in [6, 6.07) is 5.93. The summed E-state index contributed by atoms with van der Waals surface area (Å²) in [6.07, 6.45) is 0.937. The summed E-state index contributed by atoms with van der Waals surface area (Å²) in [5.41, 5.74) is 1.97. The van der Waals surface area contributed by atoms with Gasteiger partial charge in [-0.05, 0) is 37.7 Å². The highest BCUT2D eigenvalue weighted by molar-refractivity contribution is 5.95. The zero-order chi connectivity index (χ0) is 12.8. The van der Waals surface area contributed by atoms with E-state index in [9.17, 15) is 4.79 Å². The number of anilines is 1. The Morgan fingerprint density at radius 2 is 2.22 bits per heavy atom. The Bertz CT molecular complexity index is 421. The number of rotatable bonds is 6. The quantitative estimate of drug-likeness (QED) is 0.637. The second-order valence-corrected chi connectivity index (χ2v) is 4.27. The number of likely N-dealkylation sites (N-methyl/N-ethyl adjacent to an activating group) is 1. The minimum atomic E-state index is -0.0909. The van der Waals surface area contributed by atoms with Crippen molar-refractivity contribution in [1.82, 2.24) is 10.6 Å². The van der Waals surface area contributed by atoms with Gasteiger partial charge in [-0.15, -0.1) is 0 Å². The average molecular weight is 249 g/mol. The Hall–Kier alpha value is -1.59. The molecule has 0 fully saturated rings. The van der Waals surface area contributed by atoms with E-state index in [2.05, 4.69) is 16.0 Å². The van der Waals surface area contributed by atoms with Crippen molar-refractivity contribution in [2.24, 2.45) is 0 Å². The first-order valence-corrected chi connectivity index (χ1v) is 6.20. The molecule has 0 aliphatic carbocycles. The summed E-state index contributed by atoms with van der Waals surface area (Å²) in [4.78, 5) is 11.2. The van der Waals surface area contributed by atoms with Gasteiger partial charge in [-0.25, -0.2) is 0 Å². The van der Waals surface area contributed by atoms with Crippen LogP contribution in [0.1, 0.15) is 5.56 Å². The van der Waals surface area contributed by atoms with Gasteiger partial charge < -0.3 is 20.7 Å². The summed E-state index contributed by atoms with van der Waals surface area (Å²) in [6.45, 7) is 2.96. The second kappa shape index (κ2) is 6.37. The molecular formula is C13H19N3O2. The molecule has 0 saturated heterocycles. The standard InChI is InChI=1S/C13H19N3O2/c1-14-6-7-15-5-4-10-2-3-12-11(8-10)16-13(17)9-18-12/h2-3,8,14-15H,4-7,9H2,1H3,(H,16,17). The fourth-order valence-corrected chi connectivity index (χ4v) is 1.86. The van der Waals surface area contributed by atoms with Crippen LogP contribution in [0.4, 0.5) is 5.69 Å².